The molecular weight excluding hydrogens is 250 g/mol. The Morgan fingerprint density at radius 3 is 2.75 bits per heavy atom. The minimum Gasteiger partial charge on any atom is -0.324 e. The van der Waals surface area contributed by atoms with Crippen molar-refractivity contribution in [3.63, 3.8) is 0 Å². The van der Waals surface area contributed by atoms with Crippen molar-refractivity contribution in [2.75, 3.05) is 6.54 Å². The second kappa shape index (κ2) is 5.33. The predicted molar refractivity (Wildman–Crippen MR) is 80.9 cm³/mol. The van der Waals surface area contributed by atoms with Crippen molar-refractivity contribution in [3.8, 4) is 0 Å². The molecule has 1 fully saturated rings. The third-order valence-electron chi connectivity index (χ3n) is 3.40. The summed E-state index contributed by atoms with van der Waals surface area (Å²) in [4.78, 5) is 16.0. The molecule has 2 amide bonds. The van der Waals surface area contributed by atoms with Gasteiger partial charge in [-0.15, -0.1) is 0 Å². The third kappa shape index (κ3) is 2.37. The maximum atomic E-state index is 11.6. The Morgan fingerprint density at radius 2 is 1.95 bits per heavy atom. The highest BCUT2D eigenvalue weighted by atomic mass is 16.2. The second-order valence-electron chi connectivity index (χ2n) is 4.91. The molecule has 2 N–H and O–H groups in total. The van der Waals surface area contributed by atoms with Crippen LogP contribution in [0.5, 0.6) is 0 Å². The van der Waals surface area contributed by atoms with E-state index in [0.29, 0.717) is 5.84 Å². The van der Waals surface area contributed by atoms with Crippen LogP contribution in [0, 0.1) is 0 Å². The third-order valence-corrected chi connectivity index (χ3v) is 3.40. The number of benzene rings is 2. The van der Waals surface area contributed by atoms with E-state index >= 15 is 0 Å². The van der Waals surface area contributed by atoms with E-state index in [4.69, 9.17) is 0 Å². The molecular formula is C16H17N3O. The molecule has 0 aliphatic carbocycles. The normalized spacial score (nSPS) is 20.1. The first-order chi connectivity index (χ1) is 9.78. The Bertz CT molecular complexity index is 678. The highest BCUT2D eigenvalue weighted by Crippen LogP contribution is 2.23. The summed E-state index contributed by atoms with van der Waals surface area (Å²) in [6.45, 7) is 2.79. The van der Waals surface area contributed by atoms with Crippen LogP contribution in [0.1, 0.15) is 24.9 Å². The van der Waals surface area contributed by atoms with Crippen LogP contribution in [-0.2, 0) is 0 Å². The van der Waals surface area contributed by atoms with Crippen LogP contribution in [0.15, 0.2) is 47.5 Å². The van der Waals surface area contributed by atoms with Crippen LogP contribution < -0.4 is 10.6 Å². The van der Waals surface area contributed by atoms with Crippen molar-refractivity contribution < 1.29 is 4.79 Å². The molecule has 102 valence electrons. The summed E-state index contributed by atoms with van der Waals surface area (Å²) in [6.07, 6.45) is 0.962. The molecule has 1 unspecified atom stereocenters. The fourth-order valence-corrected chi connectivity index (χ4v) is 2.42. The zero-order chi connectivity index (χ0) is 13.9. The molecule has 2 aromatic carbocycles. The minimum atomic E-state index is -0.182. The highest BCUT2D eigenvalue weighted by molar-refractivity contribution is 6.07. The molecule has 1 saturated heterocycles. The van der Waals surface area contributed by atoms with Gasteiger partial charge in [0.2, 0.25) is 0 Å². The van der Waals surface area contributed by atoms with Crippen molar-refractivity contribution >= 4 is 22.6 Å². The van der Waals surface area contributed by atoms with Gasteiger partial charge in [0.25, 0.3) is 0 Å². The first kappa shape index (κ1) is 12.7. The molecule has 4 heteroatoms. The van der Waals surface area contributed by atoms with Gasteiger partial charge in [-0.25, -0.2) is 4.79 Å². The number of hydrogen-bond donors (Lipinski definition) is 2. The van der Waals surface area contributed by atoms with Gasteiger partial charge in [0.05, 0.1) is 0 Å². The summed E-state index contributed by atoms with van der Waals surface area (Å²) in [5, 5.41) is 8.06. The molecule has 0 saturated carbocycles. The van der Waals surface area contributed by atoms with Gasteiger partial charge in [0, 0.05) is 6.54 Å². The number of nitrogens with one attached hydrogen (secondary N) is 2. The van der Waals surface area contributed by atoms with Crippen LogP contribution in [0.2, 0.25) is 0 Å². The molecule has 1 aliphatic heterocycles. The number of rotatable bonds is 3. The van der Waals surface area contributed by atoms with Crippen molar-refractivity contribution in [1.82, 2.24) is 10.6 Å². The molecule has 0 bridgehead atoms. The molecule has 0 radical (unpaired) electrons. The fraction of sp³-hybridized carbons (Fsp3) is 0.250. The highest BCUT2D eigenvalue weighted by Gasteiger charge is 2.28. The van der Waals surface area contributed by atoms with E-state index in [-0.39, 0.29) is 12.1 Å². The number of urea groups is 1. The minimum absolute atomic E-state index is 0.168. The zero-order valence-electron chi connectivity index (χ0n) is 11.4. The lowest BCUT2D eigenvalue weighted by Gasteiger charge is -2.11. The van der Waals surface area contributed by atoms with Gasteiger partial charge in [-0.05, 0) is 28.8 Å². The number of nitrogens with zero attached hydrogens (tertiary/aromatic N) is 1. The van der Waals surface area contributed by atoms with Gasteiger partial charge >= 0.3 is 6.03 Å². The van der Waals surface area contributed by atoms with E-state index < -0.39 is 0 Å². The van der Waals surface area contributed by atoms with Gasteiger partial charge in [0.15, 0.2) is 0 Å². The Labute approximate surface area is 117 Å². The van der Waals surface area contributed by atoms with Crippen molar-refractivity contribution in [3.05, 3.63) is 48.0 Å². The number of amides is 2. The maximum Gasteiger partial charge on any atom is 0.321 e. The second-order valence-corrected chi connectivity index (χ2v) is 4.91. The molecule has 4 nitrogen and oxygen atoms in total. The van der Waals surface area contributed by atoms with Crippen LogP contribution in [0.25, 0.3) is 10.8 Å². The molecule has 1 aliphatic rings. The molecule has 1 heterocycles. The van der Waals surface area contributed by atoms with Crippen molar-refractivity contribution in [2.45, 2.75) is 19.4 Å². The molecule has 1 atom stereocenters. The van der Waals surface area contributed by atoms with Crippen LogP contribution in [0.3, 0.4) is 0 Å². The molecule has 20 heavy (non-hydrogen) atoms. The number of hydrogen-bond acceptors (Lipinski definition) is 2. The standard InChI is InChI=1S/C16H17N3O/c1-2-9-17-15-14(18-16(20)19-15)13-8-7-11-5-3-4-6-12(11)10-13/h3-8,10,14H,2,9H2,1H3,(H2,17,18,19,20). The number of fused-ring (bicyclic) bond motifs is 1. The molecule has 0 spiro atoms. The van der Waals surface area contributed by atoms with E-state index in [2.05, 4.69) is 46.8 Å². The number of carbonyl (C=O) groups excluding carboxylic acids is 1. The first-order valence-corrected chi connectivity index (χ1v) is 6.88. The van der Waals surface area contributed by atoms with Gasteiger partial charge in [-0.2, -0.15) is 0 Å². The average molecular weight is 267 g/mol. The Hall–Kier alpha value is -2.36. The Balaban J connectivity index is 1.98. The summed E-state index contributed by atoms with van der Waals surface area (Å²) in [6, 6.07) is 14.1. The smallest absolute Gasteiger partial charge is 0.321 e. The lowest BCUT2D eigenvalue weighted by Crippen LogP contribution is -2.22. The quantitative estimate of drug-likeness (QED) is 0.882. The van der Waals surface area contributed by atoms with Crippen LogP contribution in [-0.4, -0.2) is 18.4 Å². The summed E-state index contributed by atoms with van der Waals surface area (Å²) in [5.74, 6) is 0.715. The molecule has 2 aromatic rings. The summed E-state index contributed by atoms with van der Waals surface area (Å²) in [5.41, 5.74) is 1.05. The lowest BCUT2D eigenvalue weighted by molar-refractivity contribution is 0.248. The monoisotopic (exact) mass is 267 g/mol. The summed E-state index contributed by atoms with van der Waals surface area (Å²) < 4.78 is 0. The van der Waals surface area contributed by atoms with Crippen LogP contribution in [0.4, 0.5) is 4.79 Å². The number of carbonyl (C=O) groups is 1. The summed E-state index contributed by atoms with van der Waals surface area (Å²) in [7, 11) is 0. The van der Waals surface area contributed by atoms with Crippen molar-refractivity contribution in [1.29, 1.82) is 0 Å². The Morgan fingerprint density at radius 1 is 1.15 bits per heavy atom. The maximum absolute atomic E-state index is 11.6. The number of amidine groups is 1. The van der Waals surface area contributed by atoms with Gasteiger partial charge in [-0.3, -0.25) is 10.3 Å². The fourth-order valence-electron chi connectivity index (χ4n) is 2.42. The van der Waals surface area contributed by atoms with E-state index in [1.165, 1.54) is 10.8 Å². The van der Waals surface area contributed by atoms with E-state index in [1.54, 1.807) is 0 Å². The topological polar surface area (TPSA) is 53.5 Å². The Kier molecular flexibility index (Phi) is 3.37. The summed E-state index contributed by atoms with van der Waals surface area (Å²) >= 11 is 0. The van der Waals surface area contributed by atoms with Gasteiger partial charge in [0.1, 0.15) is 11.9 Å². The van der Waals surface area contributed by atoms with Gasteiger partial charge < -0.3 is 5.32 Å². The first-order valence-electron chi connectivity index (χ1n) is 6.88. The predicted octanol–water partition coefficient (Wildman–Crippen LogP) is 3.00. The molecule has 0 aromatic heterocycles. The molecule has 3 rings (SSSR count). The average Bonchev–Trinajstić information content (AvgIpc) is 2.85. The van der Waals surface area contributed by atoms with Gasteiger partial charge in [-0.1, -0.05) is 43.3 Å². The van der Waals surface area contributed by atoms with E-state index in [0.717, 1.165) is 18.5 Å². The number of aliphatic imine (C=N–C) groups is 1. The largest absolute Gasteiger partial charge is 0.324 e. The lowest BCUT2D eigenvalue weighted by atomic mass is 10.0. The van der Waals surface area contributed by atoms with Crippen molar-refractivity contribution in [2.24, 2.45) is 4.99 Å². The van der Waals surface area contributed by atoms with E-state index in [9.17, 15) is 4.79 Å². The SMILES string of the molecule is CCCN=C1NC(=O)NC1c1ccc2ccccc2c1. The van der Waals surface area contributed by atoms with Crippen LogP contribution >= 0.6 is 0 Å². The van der Waals surface area contributed by atoms with E-state index in [1.807, 2.05) is 18.2 Å². The zero-order valence-corrected chi connectivity index (χ0v) is 11.4.